The zero-order valence-corrected chi connectivity index (χ0v) is 9.33. The van der Waals surface area contributed by atoms with Gasteiger partial charge in [0.2, 0.25) is 0 Å². The Morgan fingerprint density at radius 3 is 2.80 bits per heavy atom. The predicted molar refractivity (Wildman–Crippen MR) is 55.2 cm³/mol. The third kappa shape index (κ3) is 1.69. The van der Waals surface area contributed by atoms with Crippen molar-refractivity contribution in [2.24, 2.45) is 0 Å². The number of fused-ring (bicyclic) bond motifs is 1. The number of benzene rings is 1. The number of rotatable bonds is 2. The summed E-state index contributed by atoms with van der Waals surface area (Å²) in [5.74, 6) is 0.505. The maximum absolute atomic E-state index is 12.5. The highest BCUT2D eigenvalue weighted by atomic mass is 79.9. The number of ether oxygens (including phenoxy) is 1. The molecule has 15 heavy (non-hydrogen) atoms. The summed E-state index contributed by atoms with van der Waals surface area (Å²) >= 11 is 3.27. The van der Waals surface area contributed by atoms with Crippen LogP contribution in [0.3, 0.4) is 0 Å². The number of alkyl halides is 2. The fourth-order valence-corrected chi connectivity index (χ4v) is 1.88. The summed E-state index contributed by atoms with van der Waals surface area (Å²) in [6, 6.07) is 3.22. The van der Waals surface area contributed by atoms with Gasteiger partial charge < -0.3 is 4.74 Å². The smallest absolute Gasteiger partial charge is 0.333 e. The summed E-state index contributed by atoms with van der Waals surface area (Å²) in [5.41, 5.74) is 0.352. The van der Waals surface area contributed by atoms with Crippen molar-refractivity contribution in [1.29, 1.82) is 0 Å². The predicted octanol–water partition coefficient (Wildman–Crippen LogP) is 3.20. The van der Waals surface area contributed by atoms with E-state index in [0.717, 1.165) is 0 Å². The van der Waals surface area contributed by atoms with E-state index in [9.17, 15) is 8.78 Å². The second-order valence-corrected chi connectivity index (χ2v) is 3.77. The van der Waals surface area contributed by atoms with Gasteiger partial charge in [0.05, 0.1) is 23.3 Å². The van der Waals surface area contributed by atoms with Crippen LogP contribution in [0.25, 0.3) is 10.9 Å². The van der Waals surface area contributed by atoms with Crippen molar-refractivity contribution < 1.29 is 13.5 Å². The van der Waals surface area contributed by atoms with E-state index in [1.54, 1.807) is 6.07 Å². The van der Waals surface area contributed by atoms with Gasteiger partial charge in [0.1, 0.15) is 5.75 Å². The van der Waals surface area contributed by atoms with Gasteiger partial charge >= 0.3 is 6.55 Å². The maximum atomic E-state index is 12.5. The third-order valence-electron chi connectivity index (χ3n) is 2.05. The molecule has 0 aliphatic heterocycles. The van der Waals surface area contributed by atoms with E-state index in [1.165, 1.54) is 19.4 Å². The summed E-state index contributed by atoms with van der Waals surface area (Å²) in [6.07, 6.45) is 1.39. The van der Waals surface area contributed by atoms with Crippen LogP contribution in [0.1, 0.15) is 6.55 Å². The summed E-state index contributed by atoms with van der Waals surface area (Å²) in [6.45, 7) is -2.65. The molecule has 0 saturated carbocycles. The second-order valence-electron chi connectivity index (χ2n) is 2.91. The molecule has 1 aromatic heterocycles. The molecule has 1 heterocycles. The Bertz CT molecular complexity index is 498. The monoisotopic (exact) mass is 276 g/mol. The van der Waals surface area contributed by atoms with Gasteiger partial charge in [0.25, 0.3) is 0 Å². The summed E-state index contributed by atoms with van der Waals surface area (Å²) in [4.78, 5) is 0. The summed E-state index contributed by atoms with van der Waals surface area (Å²) in [7, 11) is 1.48. The largest absolute Gasteiger partial charge is 0.495 e. The molecule has 0 unspecified atom stereocenters. The van der Waals surface area contributed by atoms with E-state index in [2.05, 4.69) is 21.0 Å². The van der Waals surface area contributed by atoms with Gasteiger partial charge in [0, 0.05) is 11.5 Å². The molecule has 0 aliphatic carbocycles. The van der Waals surface area contributed by atoms with E-state index in [1.807, 2.05) is 0 Å². The lowest BCUT2D eigenvalue weighted by atomic mass is 10.2. The first-order valence-electron chi connectivity index (χ1n) is 4.12. The van der Waals surface area contributed by atoms with Crippen LogP contribution < -0.4 is 4.74 Å². The molecular weight excluding hydrogens is 270 g/mol. The van der Waals surface area contributed by atoms with Crippen LogP contribution in [0, 0.1) is 0 Å². The number of hydrogen-bond acceptors (Lipinski definition) is 2. The quantitative estimate of drug-likeness (QED) is 0.842. The molecule has 0 amide bonds. The molecule has 3 nitrogen and oxygen atoms in total. The third-order valence-corrected chi connectivity index (χ3v) is 2.67. The molecule has 2 aromatic rings. The minimum atomic E-state index is -2.65. The van der Waals surface area contributed by atoms with Crippen LogP contribution in [-0.4, -0.2) is 16.9 Å². The van der Waals surface area contributed by atoms with Crippen LogP contribution in [0.4, 0.5) is 8.78 Å². The van der Waals surface area contributed by atoms with Gasteiger partial charge in [-0.1, -0.05) is 0 Å². The molecule has 2 rings (SSSR count). The first kappa shape index (κ1) is 10.4. The number of hydrogen-bond donors (Lipinski definition) is 0. The van der Waals surface area contributed by atoms with Gasteiger partial charge in [-0.15, -0.1) is 0 Å². The van der Waals surface area contributed by atoms with Crippen molar-refractivity contribution in [3.8, 4) is 5.75 Å². The lowest BCUT2D eigenvalue weighted by Crippen LogP contribution is -1.99. The highest BCUT2D eigenvalue weighted by Crippen LogP contribution is 2.31. The zero-order chi connectivity index (χ0) is 11.0. The van der Waals surface area contributed by atoms with Crippen molar-refractivity contribution in [3.05, 3.63) is 22.8 Å². The highest BCUT2D eigenvalue weighted by Gasteiger charge is 2.13. The van der Waals surface area contributed by atoms with Gasteiger partial charge in [0.15, 0.2) is 0 Å². The van der Waals surface area contributed by atoms with Gasteiger partial charge in [-0.05, 0) is 22.0 Å². The number of halogens is 3. The Kier molecular flexibility index (Phi) is 2.60. The fraction of sp³-hybridized carbons (Fsp3) is 0.222. The molecule has 1 aromatic carbocycles. The molecule has 6 heteroatoms. The maximum Gasteiger partial charge on any atom is 0.333 e. The van der Waals surface area contributed by atoms with Crippen molar-refractivity contribution in [2.75, 3.05) is 7.11 Å². The Labute approximate surface area is 92.8 Å². The standard InChI is InChI=1S/C9H7BrF2N2O/c1-15-8-3-7-5(2-6(8)10)4-13-14(7)9(11)12/h2-4,9H,1H3. The van der Waals surface area contributed by atoms with E-state index in [0.29, 0.717) is 25.8 Å². The van der Waals surface area contributed by atoms with E-state index >= 15 is 0 Å². The lowest BCUT2D eigenvalue weighted by molar-refractivity contribution is 0.0615. The Balaban J connectivity index is 2.69. The normalized spacial score (nSPS) is 11.3. The molecular formula is C9H7BrF2N2O. The second kappa shape index (κ2) is 3.77. The van der Waals surface area contributed by atoms with Gasteiger partial charge in [-0.2, -0.15) is 13.9 Å². The Morgan fingerprint density at radius 1 is 1.47 bits per heavy atom. The molecule has 0 fully saturated rings. The van der Waals surface area contributed by atoms with Crippen molar-refractivity contribution in [1.82, 2.24) is 9.78 Å². The molecule has 80 valence electrons. The molecule has 0 atom stereocenters. The van der Waals surface area contributed by atoms with Crippen molar-refractivity contribution in [2.45, 2.75) is 6.55 Å². The molecule has 0 aliphatic rings. The number of aromatic nitrogens is 2. The van der Waals surface area contributed by atoms with Gasteiger partial charge in [-0.25, -0.2) is 4.68 Å². The first-order chi connectivity index (χ1) is 7.13. The van der Waals surface area contributed by atoms with E-state index < -0.39 is 6.55 Å². The highest BCUT2D eigenvalue weighted by molar-refractivity contribution is 9.10. The number of nitrogens with zero attached hydrogens (tertiary/aromatic N) is 2. The summed E-state index contributed by atoms with van der Waals surface area (Å²) < 4.78 is 31.4. The topological polar surface area (TPSA) is 27.1 Å². The Morgan fingerprint density at radius 2 is 2.20 bits per heavy atom. The van der Waals surface area contributed by atoms with Crippen molar-refractivity contribution in [3.63, 3.8) is 0 Å². The van der Waals surface area contributed by atoms with Crippen LogP contribution in [0.2, 0.25) is 0 Å². The van der Waals surface area contributed by atoms with E-state index in [4.69, 9.17) is 4.74 Å². The molecule has 0 radical (unpaired) electrons. The molecule has 0 bridgehead atoms. The summed E-state index contributed by atoms with van der Waals surface area (Å²) in [5, 5.41) is 4.24. The van der Waals surface area contributed by atoms with Crippen LogP contribution >= 0.6 is 15.9 Å². The minimum Gasteiger partial charge on any atom is -0.495 e. The average Bonchev–Trinajstić information content (AvgIpc) is 2.59. The van der Waals surface area contributed by atoms with Crippen LogP contribution in [0.15, 0.2) is 22.8 Å². The SMILES string of the molecule is COc1cc2c(cnn2C(F)F)cc1Br. The lowest BCUT2D eigenvalue weighted by Gasteiger charge is -2.05. The van der Waals surface area contributed by atoms with Gasteiger partial charge in [-0.3, -0.25) is 0 Å². The average molecular weight is 277 g/mol. The molecule has 0 N–H and O–H groups in total. The van der Waals surface area contributed by atoms with Crippen molar-refractivity contribution >= 4 is 26.8 Å². The molecule has 0 spiro atoms. The Hall–Kier alpha value is -1.17. The number of methoxy groups -OCH3 is 1. The fourth-order valence-electron chi connectivity index (χ4n) is 1.36. The van der Waals surface area contributed by atoms with Crippen LogP contribution in [0.5, 0.6) is 5.75 Å². The molecule has 0 saturated heterocycles. The van der Waals surface area contributed by atoms with E-state index in [-0.39, 0.29) is 0 Å². The first-order valence-corrected chi connectivity index (χ1v) is 4.91. The minimum absolute atomic E-state index is 0.352. The zero-order valence-electron chi connectivity index (χ0n) is 7.75. The van der Waals surface area contributed by atoms with Crippen LogP contribution in [-0.2, 0) is 0 Å².